The highest BCUT2D eigenvalue weighted by atomic mass is 127. The second-order valence-corrected chi connectivity index (χ2v) is 5.40. The monoisotopic (exact) mass is 446 g/mol. The van der Waals surface area contributed by atoms with E-state index >= 15 is 0 Å². The number of aromatic carboxylic acids is 2. The SMILES string of the molecule is Cc1c(I)c(C(=O)O)c(C)c(I)c1C(=O)O. The number of carbonyl (C=O) groups is 2. The molecule has 0 bridgehead atoms. The lowest BCUT2D eigenvalue weighted by atomic mass is 10.00. The first-order valence-corrected chi connectivity index (χ1v) is 6.39. The summed E-state index contributed by atoms with van der Waals surface area (Å²) in [4.78, 5) is 22.1. The van der Waals surface area contributed by atoms with Crippen molar-refractivity contribution in [2.45, 2.75) is 13.8 Å². The number of rotatable bonds is 2. The summed E-state index contributed by atoms with van der Waals surface area (Å²) in [5.74, 6) is -2.06. The van der Waals surface area contributed by atoms with Gasteiger partial charge < -0.3 is 10.2 Å². The molecule has 0 aliphatic carbocycles. The first kappa shape index (κ1) is 13.7. The highest BCUT2D eigenvalue weighted by molar-refractivity contribution is 14.1. The van der Waals surface area contributed by atoms with Gasteiger partial charge in [-0.1, -0.05) is 0 Å². The second kappa shape index (κ2) is 4.86. The molecule has 0 aliphatic heterocycles. The van der Waals surface area contributed by atoms with Crippen LogP contribution < -0.4 is 0 Å². The molecule has 6 heteroatoms. The van der Waals surface area contributed by atoms with Crippen LogP contribution in [-0.2, 0) is 0 Å². The minimum Gasteiger partial charge on any atom is -0.478 e. The van der Waals surface area contributed by atoms with Crippen molar-refractivity contribution in [1.29, 1.82) is 0 Å². The van der Waals surface area contributed by atoms with Crippen LogP contribution in [0.1, 0.15) is 31.8 Å². The van der Waals surface area contributed by atoms with Gasteiger partial charge in [-0.05, 0) is 70.2 Å². The van der Waals surface area contributed by atoms with Crippen LogP contribution in [0.2, 0.25) is 0 Å². The van der Waals surface area contributed by atoms with E-state index in [0.29, 0.717) is 18.3 Å². The summed E-state index contributed by atoms with van der Waals surface area (Å²) >= 11 is 3.75. The molecule has 0 aliphatic rings. The molecule has 0 aromatic heterocycles. The number of carboxylic acid groups (broad SMARTS) is 2. The number of carboxylic acids is 2. The number of halogens is 2. The molecule has 0 saturated carbocycles. The lowest BCUT2D eigenvalue weighted by Gasteiger charge is -2.13. The number of benzene rings is 1. The van der Waals surface area contributed by atoms with Gasteiger partial charge in [0.05, 0.1) is 11.1 Å². The average Bonchev–Trinajstić information content (AvgIpc) is 2.14. The van der Waals surface area contributed by atoms with Crippen molar-refractivity contribution in [2.75, 3.05) is 0 Å². The van der Waals surface area contributed by atoms with Crippen molar-refractivity contribution < 1.29 is 19.8 Å². The van der Waals surface area contributed by atoms with E-state index in [0.717, 1.165) is 0 Å². The molecule has 1 rings (SSSR count). The van der Waals surface area contributed by atoms with Gasteiger partial charge in [0.2, 0.25) is 0 Å². The first-order chi connectivity index (χ1) is 7.29. The third-order valence-electron chi connectivity index (χ3n) is 2.28. The van der Waals surface area contributed by atoms with Crippen molar-refractivity contribution in [3.8, 4) is 0 Å². The van der Waals surface area contributed by atoms with E-state index in [-0.39, 0.29) is 11.1 Å². The summed E-state index contributed by atoms with van der Waals surface area (Å²) in [6, 6.07) is 0. The Bertz CT molecular complexity index is 420. The molecule has 0 radical (unpaired) electrons. The zero-order valence-corrected chi connectivity index (χ0v) is 12.8. The summed E-state index contributed by atoms with van der Waals surface area (Å²) in [7, 11) is 0. The second-order valence-electron chi connectivity index (χ2n) is 3.24. The Morgan fingerprint density at radius 1 is 0.875 bits per heavy atom. The highest BCUT2D eigenvalue weighted by Crippen LogP contribution is 2.29. The molecule has 1 aromatic rings. The Morgan fingerprint density at radius 2 is 1.12 bits per heavy atom. The molecule has 4 nitrogen and oxygen atoms in total. The zero-order chi connectivity index (χ0) is 12.6. The molecule has 2 N–H and O–H groups in total. The number of hydrogen-bond acceptors (Lipinski definition) is 2. The lowest BCUT2D eigenvalue weighted by molar-refractivity contribution is 0.0677. The summed E-state index contributed by atoms with van der Waals surface area (Å²) in [5.41, 5.74) is 1.38. The maximum Gasteiger partial charge on any atom is 0.337 e. The Hall–Kier alpha value is -0.380. The predicted octanol–water partition coefficient (Wildman–Crippen LogP) is 2.91. The van der Waals surface area contributed by atoms with Gasteiger partial charge in [-0.2, -0.15) is 0 Å². The van der Waals surface area contributed by atoms with Crippen molar-refractivity contribution in [3.05, 3.63) is 29.4 Å². The molecular formula is C10H8I2O4. The summed E-state index contributed by atoms with van der Waals surface area (Å²) in [6.07, 6.45) is 0. The van der Waals surface area contributed by atoms with Gasteiger partial charge in [0.25, 0.3) is 0 Å². The van der Waals surface area contributed by atoms with Crippen LogP contribution >= 0.6 is 45.2 Å². The van der Waals surface area contributed by atoms with E-state index < -0.39 is 11.9 Å². The van der Waals surface area contributed by atoms with Crippen LogP contribution in [0.15, 0.2) is 0 Å². The predicted molar refractivity (Wildman–Crippen MR) is 75.3 cm³/mol. The summed E-state index contributed by atoms with van der Waals surface area (Å²) < 4.78 is 0.973. The molecule has 0 saturated heterocycles. The van der Waals surface area contributed by atoms with Crippen LogP contribution in [-0.4, -0.2) is 22.2 Å². The molecule has 0 spiro atoms. The van der Waals surface area contributed by atoms with Gasteiger partial charge in [-0.15, -0.1) is 0 Å². The van der Waals surface area contributed by atoms with E-state index in [1.54, 1.807) is 13.8 Å². The van der Waals surface area contributed by atoms with Gasteiger partial charge in [0, 0.05) is 7.14 Å². The van der Waals surface area contributed by atoms with Crippen molar-refractivity contribution in [3.63, 3.8) is 0 Å². The zero-order valence-electron chi connectivity index (χ0n) is 8.47. The van der Waals surface area contributed by atoms with Gasteiger partial charge in [-0.3, -0.25) is 0 Å². The first-order valence-electron chi connectivity index (χ1n) is 4.23. The minimum atomic E-state index is -1.03. The molecule has 16 heavy (non-hydrogen) atoms. The van der Waals surface area contributed by atoms with Crippen LogP contribution in [0.25, 0.3) is 0 Å². The Morgan fingerprint density at radius 3 is 1.31 bits per heavy atom. The third-order valence-corrected chi connectivity index (χ3v) is 4.97. The molecule has 86 valence electrons. The molecule has 0 unspecified atom stereocenters. The quantitative estimate of drug-likeness (QED) is 0.686. The fourth-order valence-electron chi connectivity index (χ4n) is 1.43. The maximum absolute atomic E-state index is 11.1. The van der Waals surface area contributed by atoms with Crippen molar-refractivity contribution in [2.24, 2.45) is 0 Å². The molecule has 1 aromatic carbocycles. The number of hydrogen-bond donors (Lipinski definition) is 2. The van der Waals surface area contributed by atoms with E-state index in [1.165, 1.54) is 0 Å². The van der Waals surface area contributed by atoms with Crippen LogP contribution in [0.4, 0.5) is 0 Å². The van der Waals surface area contributed by atoms with E-state index in [9.17, 15) is 9.59 Å². The van der Waals surface area contributed by atoms with Crippen molar-refractivity contribution >= 4 is 57.1 Å². The van der Waals surface area contributed by atoms with Crippen LogP contribution in [0.3, 0.4) is 0 Å². The lowest BCUT2D eigenvalue weighted by Crippen LogP contribution is -2.13. The smallest absolute Gasteiger partial charge is 0.337 e. The molecule has 0 fully saturated rings. The molecule has 0 heterocycles. The fraction of sp³-hybridized carbons (Fsp3) is 0.200. The van der Waals surface area contributed by atoms with Crippen LogP contribution in [0.5, 0.6) is 0 Å². The summed E-state index contributed by atoms with van der Waals surface area (Å²) in [5, 5.41) is 18.1. The Balaban J connectivity index is 3.77. The van der Waals surface area contributed by atoms with Gasteiger partial charge in [-0.25, -0.2) is 9.59 Å². The van der Waals surface area contributed by atoms with E-state index in [2.05, 4.69) is 0 Å². The molecule has 0 amide bonds. The van der Waals surface area contributed by atoms with E-state index in [1.807, 2.05) is 45.2 Å². The van der Waals surface area contributed by atoms with Crippen LogP contribution in [0, 0.1) is 21.0 Å². The van der Waals surface area contributed by atoms with Gasteiger partial charge >= 0.3 is 11.9 Å². The molecular weight excluding hydrogens is 438 g/mol. The standard InChI is InChI=1S/C10H8I2O4/c1-3-5(9(13)14)8(12)4(2)6(7(3)11)10(15)16/h1-2H3,(H,13,14)(H,15,16). The Labute approximate surface area is 119 Å². The normalized spacial score (nSPS) is 10.2. The highest BCUT2D eigenvalue weighted by Gasteiger charge is 2.23. The largest absolute Gasteiger partial charge is 0.478 e. The summed E-state index contributed by atoms with van der Waals surface area (Å²) in [6.45, 7) is 3.25. The minimum absolute atomic E-state index is 0.188. The fourth-order valence-corrected chi connectivity index (χ4v) is 3.24. The maximum atomic E-state index is 11.1. The third kappa shape index (κ3) is 2.17. The van der Waals surface area contributed by atoms with E-state index in [4.69, 9.17) is 10.2 Å². The molecule has 0 atom stereocenters. The van der Waals surface area contributed by atoms with Crippen molar-refractivity contribution in [1.82, 2.24) is 0 Å². The van der Waals surface area contributed by atoms with Gasteiger partial charge in [0.15, 0.2) is 0 Å². The van der Waals surface area contributed by atoms with Gasteiger partial charge in [0.1, 0.15) is 0 Å². The Kier molecular flexibility index (Phi) is 4.16. The average molecular weight is 446 g/mol. The topological polar surface area (TPSA) is 74.6 Å².